The van der Waals surface area contributed by atoms with Crippen molar-refractivity contribution in [3.05, 3.63) is 90.1 Å². The maximum atomic E-state index is 12.6. The zero-order valence-corrected chi connectivity index (χ0v) is 19.0. The third-order valence-corrected chi connectivity index (χ3v) is 6.92. The first-order valence-corrected chi connectivity index (χ1v) is 11.9. The number of benzene rings is 3. The van der Waals surface area contributed by atoms with Gasteiger partial charge in [-0.2, -0.15) is 0 Å². The van der Waals surface area contributed by atoms with E-state index in [1.54, 1.807) is 0 Å². The fraction of sp³-hybridized carbons (Fsp3) is 0.241. The Morgan fingerprint density at radius 3 is 2.26 bits per heavy atom. The number of aliphatic carboxylic acids is 1. The molecule has 1 heterocycles. The van der Waals surface area contributed by atoms with Crippen LogP contribution in [0.2, 0.25) is 0 Å². The van der Waals surface area contributed by atoms with Gasteiger partial charge < -0.3 is 15.4 Å². The molecule has 4 aromatic rings. The van der Waals surface area contributed by atoms with Gasteiger partial charge in [0.15, 0.2) is 0 Å². The largest absolute Gasteiger partial charge is 0.481 e. The molecule has 0 bridgehead atoms. The Bertz CT molecular complexity index is 1300. The van der Waals surface area contributed by atoms with Crippen LogP contribution in [0.1, 0.15) is 54.1 Å². The van der Waals surface area contributed by atoms with Crippen molar-refractivity contribution in [3.8, 4) is 11.1 Å². The first kappa shape index (κ1) is 22.0. The number of para-hydroxylation sites is 1. The number of aromatic nitrogens is 1. The number of H-pyrrole nitrogens is 1. The molecular formula is C29H28N2O3. The molecule has 5 rings (SSSR count). The lowest BCUT2D eigenvalue weighted by molar-refractivity contribution is -0.138. The number of aromatic amines is 1. The van der Waals surface area contributed by atoms with E-state index in [1.165, 1.54) is 5.56 Å². The van der Waals surface area contributed by atoms with Gasteiger partial charge in [-0.05, 0) is 78.5 Å². The third-order valence-electron chi connectivity index (χ3n) is 6.92. The van der Waals surface area contributed by atoms with Gasteiger partial charge >= 0.3 is 5.97 Å². The molecule has 3 aromatic carbocycles. The first-order valence-electron chi connectivity index (χ1n) is 11.9. The van der Waals surface area contributed by atoms with Crippen LogP contribution in [-0.2, 0) is 4.79 Å². The number of rotatable bonds is 6. The lowest BCUT2D eigenvalue weighted by Gasteiger charge is -2.28. The highest BCUT2D eigenvalue weighted by Gasteiger charge is 2.24. The summed E-state index contributed by atoms with van der Waals surface area (Å²) >= 11 is 0. The smallest absolute Gasteiger partial charge is 0.303 e. The fourth-order valence-corrected chi connectivity index (χ4v) is 5.04. The highest BCUT2D eigenvalue weighted by atomic mass is 16.4. The van der Waals surface area contributed by atoms with E-state index in [0.717, 1.165) is 53.4 Å². The van der Waals surface area contributed by atoms with E-state index in [-0.39, 0.29) is 5.91 Å². The number of hydrogen-bond donors (Lipinski definition) is 3. The summed E-state index contributed by atoms with van der Waals surface area (Å²) in [4.78, 5) is 26.8. The standard InChI is InChI=1S/C29H28N2O3/c32-28(33)16-19-6-8-20(9-7-19)21-10-12-22(13-11-21)23-14-15-24-18-27(31-26(24)17-23)29(34)30-25-4-2-1-3-5-25/h1-5,10-15,17-20,31H,6-9,16H2,(H,30,34)(H,32,33). The summed E-state index contributed by atoms with van der Waals surface area (Å²) in [5, 5.41) is 12.9. The maximum Gasteiger partial charge on any atom is 0.303 e. The Hall–Kier alpha value is -3.86. The number of nitrogens with one attached hydrogen (secondary N) is 2. The molecule has 1 saturated carbocycles. The molecule has 5 heteroatoms. The molecule has 1 fully saturated rings. The van der Waals surface area contributed by atoms with Crippen molar-refractivity contribution in [2.45, 2.75) is 38.0 Å². The molecule has 0 unspecified atom stereocenters. The normalized spacial score (nSPS) is 18.0. The van der Waals surface area contributed by atoms with E-state index in [4.69, 9.17) is 5.11 Å². The van der Waals surface area contributed by atoms with Crippen LogP contribution in [0.15, 0.2) is 78.9 Å². The topological polar surface area (TPSA) is 82.2 Å². The van der Waals surface area contributed by atoms with Gasteiger partial charge in [0.25, 0.3) is 5.91 Å². The molecule has 1 aromatic heterocycles. The molecule has 0 aliphatic heterocycles. The van der Waals surface area contributed by atoms with Crippen molar-refractivity contribution < 1.29 is 14.7 Å². The van der Waals surface area contributed by atoms with Crippen LogP contribution in [0.25, 0.3) is 22.0 Å². The van der Waals surface area contributed by atoms with Crippen molar-refractivity contribution in [1.82, 2.24) is 4.98 Å². The molecule has 1 aliphatic carbocycles. The SMILES string of the molecule is O=C(O)CC1CCC(c2ccc(-c3ccc4cc(C(=O)Nc5ccccc5)[nH]c4c3)cc2)CC1. The molecule has 172 valence electrons. The third kappa shape index (κ3) is 4.88. The van der Waals surface area contributed by atoms with Crippen molar-refractivity contribution in [3.63, 3.8) is 0 Å². The summed E-state index contributed by atoms with van der Waals surface area (Å²) in [5.41, 5.74) is 5.79. The minimum atomic E-state index is -0.684. The van der Waals surface area contributed by atoms with Crippen molar-refractivity contribution in [2.75, 3.05) is 5.32 Å². The number of carbonyl (C=O) groups excluding carboxylic acids is 1. The predicted molar refractivity (Wildman–Crippen MR) is 135 cm³/mol. The highest BCUT2D eigenvalue weighted by molar-refractivity contribution is 6.06. The van der Waals surface area contributed by atoms with E-state index >= 15 is 0 Å². The molecule has 0 atom stereocenters. The van der Waals surface area contributed by atoms with Crippen molar-refractivity contribution in [1.29, 1.82) is 0 Å². The molecule has 1 amide bonds. The minimum Gasteiger partial charge on any atom is -0.481 e. The Morgan fingerprint density at radius 2 is 1.56 bits per heavy atom. The molecule has 0 spiro atoms. The van der Waals surface area contributed by atoms with Crippen molar-refractivity contribution >= 4 is 28.5 Å². The van der Waals surface area contributed by atoms with Gasteiger partial charge in [0.05, 0.1) is 0 Å². The fourth-order valence-electron chi connectivity index (χ4n) is 5.04. The number of carbonyl (C=O) groups is 2. The Labute approximate surface area is 198 Å². The van der Waals surface area contributed by atoms with Crippen LogP contribution >= 0.6 is 0 Å². The van der Waals surface area contributed by atoms with E-state index < -0.39 is 5.97 Å². The van der Waals surface area contributed by atoms with E-state index in [1.807, 2.05) is 42.5 Å². The molecule has 5 nitrogen and oxygen atoms in total. The molecule has 3 N–H and O–H groups in total. The maximum absolute atomic E-state index is 12.6. The van der Waals surface area contributed by atoms with Crippen LogP contribution in [0.4, 0.5) is 5.69 Å². The average Bonchev–Trinajstić information content (AvgIpc) is 3.29. The van der Waals surface area contributed by atoms with Crippen LogP contribution < -0.4 is 5.32 Å². The van der Waals surface area contributed by atoms with Gasteiger partial charge in [-0.25, -0.2) is 0 Å². The summed E-state index contributed by atoms with van der Waals surface area (Å²) in [6.45, 7) is 0. The predicted octanol–water partition coefficient (Wildman–Crippen LogP) is 6.84. The second-order valence-electron chi connectivity index (χ2n) is 9.24. The number of amides is 1. The Morgan fingerprint density at radius 1 is 0.853 bits per heavy atom. The quantitative estimate of drug-likeness (QED) is 0.300. The first-order chi connectivity index (χ1) is 16.5. The lowest BCUT2D eigenvalue weighted by Crippen LogP contribution is -2.16. The molecule has 34 heavy (non-hydrogen) atoms. The lowest BCUT2D eigenvalue weighted by atomic mass is 9.77. The summed E-state index contributed by atoms with van der Waals surface area (Å²) in [6.07, 6.45) is 4.38. The molecule has 1 aliphatic rings. The highest BCUT2D eigenvalue weighted by Crippen LogP contribution is 2.37. The minimum absolute atomic E-state index is 0.161. The molecular weight excluding hydrogens is 424 g/mol. The van der Waals surface area contributed by atoms with Gasteiger partial charge in [-0.15, -0.1) is 0 Å². The summed E-state index contributed by atoms with van der Waals surface area (Å²) in [7, 11) is 0. The van der Waals surface area contributed by atoms with E-state index in [0.29, 0.717) is 24.0 Å². The Kier molecular flexibility index (Phi) is 6.17. The van der Waals surface area contributed by atoms with Crippen LogP contribution in [-0.4, -0.2) is 22.0 Å². The number of fused-ring (bicyclic) bond motifs is 1. The molecule has 0 saturated heterocycles. The second kappa shape index (κ2) is 9.56. The molecule has 0 radical (unpaired) electrons. The monoisotopic (exact) mass is 452 g/mol. The number of carboxylic acid groups (broad SMARTS) is 1. The second-order valence-corrected chi connectivity index (χ2v) is 9.24. The van der Waals surface area contributed by atoms with Crippen molar-refractivity contribution in [2.24, 2.45) is 5.92 Å². The summed E-state index contributed by atoms with van der Waals surface area (Å²) in [6, 6.07) is 26.2. The van der Waals surface area contributed by atoms with E-state index in [2.05, 4.69) is 46.7 Å². The van der Waals surface area contributed by atoms with Crippen LogP contribution in [0.5, 0.6) is 0 Å². The average molecular weight is 453 g/mol. The zero-order chi connectivity index (χ0) is 23.5. The number of carboxylic acids is 1. The zero-order valence-electron chi connectivity index (χ0n) is 19.0. The van der Waals surface area contributed by atoms with Gasteiger partial charge in [-0.3, -0.25) is 9.59 Å². The van der Waals surface area contributed by atoms with Gasteiger partial charge in [0.1, 0.15) is 5.69 Å². The van der Waals surface area contributed by atoms with Crippen LogP contribution in [0.3, 0.4) is 0 Å². The van der Waals surface area contributed by atoms with E-state index in [9.17, 15) is 9.59 Å². The van der Waals surface area contributed by atoms with Gasteiger partial charge in [0, 0.05) is 23.0 Å². The van der Waals surface area contributed by atoms with Gasteiger partial charge in [-0.1, -0.05) is 54.6 Å². The number of anilines is 1. The van der Waals surface area contributed by atoms with Gasteiger partial charge in [0.2, 0.25) is 0 Å². The summed E-state index contributed by atoms with van der Waals surface area (Å²) in [5.74, 6) is -0.0157. The Balaban J connectivity index is 1.28. The number of hydrogen-bond acceptors (Lipinski definition) is 2. The summed E-state index contributed by atoms with van der Waals surface area (Å²) < 4.78 is 0. The van der Waals surface area contributed by atoms with Crippen LogP contribution in [0, 0.1) is 5.92 Å².